The first-order chi connectivity index (χ1) is 11.6. The lowest BCUT2D eigenvalue weighted by molar-refractivity contribution is -0.111. The number of carbonyl (C=O) groups excluding carboxylic acids is 1. The molecule has 2 aromatic carbocycles. The van der Waals surface area contributed by atoms with E-state index >= 15 is 0 Å². The van der Waals surface area contributed by atoms with Crippen molar-refractivity contribution in [2.75, 3.05) is 18.5 Å². The minimum absolute atomic E-state index is 0.243. The van der Waals surface area contributed by atoms with Crippen molar-refractivity contribution in [3.05, 3.63) is 58.6 Å². The number of halogens is 1. The molecular weight excluding hydrogens is 326 g/mol. The molecule has 1 aliphatic heterocycles. The van der Waals surface area contributed by atoms with Crippen LogP contribution < -0.4 is 14.8 Å². The van der Waals surface area contributed by atoms with Crippen LogP contribution >= 0.6 is 11.6 Å². The average Bonchev–Trinajstić information content (AvgIpc) is 2.80. The molecule has 2 aromatic rings. The standard InChI is InChI=1S/C19H18ClNO3/c1-13-3-6-16(15(20)11-13)21-19(22)8-5-14-4-7-17-18(12-14)24-10-2-9-23-17/h3-8,11-12H,2,9-10H2,1H3,(H,21,22). The SMILES string of the molecule is Cc1ccc(NC(=O)C=Cc2ccc3c(c2)OCCCO3)c(Cl)c1. The zero-order valence-corrected chi connectivity index (χ0v) is 14.1. The third kappa shape index (κ3) is 4.09. The van der Waals surface area contributed by atoms with Crippen LogP contribution in [0.2, 0.25) is 5.02 Å². The maximum Gasteiger partial charge on any atom is 0.248 e. The summed E-state index contributed by atoms with van der Waals surface area (Å²) in [6.45, 7) is 3.23. The number of amides is 1. The fourth-order valence-electron chi connectivity index (χ4n) is 2.35. The lowest BCUT2D eigenvalue weighted by atomic mass is 10.2. The molecule has 24 heavy (non-hydrogen) atoms. The molecule has 4 nitrogen and oxygen atoms in total. The highest BCUT2D eigenvalue weighted by atomic mass is 35.5. The number of carbonyl (C=O) groups is 1. The van der Waals surface area contributed by atoms with E-state index in [1.54, 1.807) is 12.1 Å². The fraction of sp³-hybridized carbons (Fsp3) is 0.211. The molecule has 0 unspecified atom stereocenters. The normalized spacial score (nSPS) is 13.6. The summed E-state index contributed by atoms with van der Waals surface area (Å²) in [6, 6.07) is 11.1. The number of aryl methyl sites for hydroxylation is 1. The number of hydrogen-bond acceptors (Lipinski definition) is 3. The Hall–Kier alpha value is -2.46. The average molecular weight is 344 g/mol. The summed E-state index contributed by atoms with van der Waals surface area (Å²) in [5.74, 6) is 1.20. The Morgan fingerprint density at radius 3 is 2.71 bits per heavy atom. The summed E-state index contributed by atoms with van der Waals surface area (Å²) in [5.41, 5.74) is 2.50. The minimum Gasteiger partial charge on any atom is -0.490 e. The first-order valence-corrected chi connectivity index (χ1v) is 8.14. The Kier molecular flexibility index (Phi) is 5.06. The second kappa shape index (κ2) is 7.41. The molecule has 0 saturated heterocycles. The number of nitrogens with one attached hydrogen (secondary N) is 1. The second-order valence-corrected chi connectivity index (χ2v) is 5.97. The largest absolute Gasteiger partial charge is 0.490 e. The molecule has 0 aromatic heterocycles. The van der Waals surface area contributed by atoms with Gasteiger partial charge in [-0.1, -0.05) is 23.7 Å². The highest BCUT2D eigenvalue weighted by molar-refractivity contribution is 6.33. The topological polar surface area (TPSA) is 47.6 Å². The van der Waals surface area contributed by atoms with Crippen LogP contribution in [0.15, 0.2) is 42.5 Å². The molecule has 0 radical (unpaired) electrons. The molecule has 5 heteroatoms. The third-order valence-corrected chi connectivity index (χ3v) is 3.89. The molecule has 0 spiro atoms. The lowest BCUT2D eigenvalue weighted by Gasteiger charge is -2.07. The van der Waals surface area contributed by atoms with E-state index in [1.807, 2.05) is 37.3 Å². The molecule has 0 bridgehead atoms. The number of ether oxygens (including phenoxy) is 2. The van der Waals surface area contributed by atoms with Crippen LogP contribution in [0.1, 0.15) is 17.5 Å². The van der Waals surface area contributed by atoms with Gasteiger partial charge in [0.25, 0.3) is 0 Å². The van der Waals surface area contributed by atoms with Gasteiger partial charge in [-0.3, -0.25) is 4.79 Å². The lowest BCUT2D eigenvalue weighted by Crippen LogP contribution is -2.08. The quantitative estimate of drug-likeness (QED) is 0.837. The maximum absolute atomic E-state index is 12.1. The zero-order valence-electron chi connectivity index (χ0n) is 13.3. The van der Waals surface area contributed by atoms with Crippen molar-refractivity contribution in [3.8, 4) is 11.5 Å². The van der Waals surface area contributed by atoms with Gasteiger partial charge >= 0.3 is 0 Å². The van der Waals surface area contributed by atoms with Crippen molar-refractivity contribution in [2.45, 2.75) is 13.3 Å². The molecule has 0 fully saturated rings. The van der Waals surface area contributed by atoms with E-state index in [2.05, 4.69) is 5.32 Å². The summed E-state index contributed by atoms with van der Waals surface area (Å²) in [6.07, 6.45) is 4.06. The van der Waals surface area contributed by atoms with E-state index < -0.39 is 0 Å². The van der Waals surface area contributed by atoms with Crippen molar-refractivity contribution >= 4 is 29.3 Å². The number of anilines is 1. The van der Waals surface area contributed by atoms with Crippen LogP contribution in [-0.4, -0.2) is 19.1 Å². The number of benzene rings is 2. The number of fused-ring (bicyclic) bond motifs is 1. The van der Waals surface area contributed by atoms with Crippen LogP contribution in [0, 0.1) is 6.92 Å². The molecule has 0 saturated carbocycles. The first-order valence-electron chi connectivity index (χ1n) is 7.77. The Bertz CT molecular complexity index is 786. The van der Waals surface area contributed by atoms with Crippen LogP contribution in [-0.2, 0) is 4.79 Å². The van der Waals surface area contributed by atoms with Crippen LogP contribution in [0.5, 0.6) is 11.5 Å². The van der Waals surface area contributed by atoms with Gasteiger partial charge < -0.3 is 14.8 Å². The summed E-state index contributed by atoms with van der Waals surface area (Å²) < 4.78 is 11.2. The molecular formula is C19H18ClNO3. The first kappa shape index (κ1) is 16.4. The summed E-state index contributed by atoms with van der Waals surface area (Å²) in [5, 5.41) is 3.29. The van der Waals surface area contributed by atoms with E-state index in [0.717, 1.165) is 23.3 Å². The van der Waals surface area contributed by atoms with Crippen LogP contribution in [0.3, 0.4) is 0 Å². The van der Waals surface area contributed by atoms with Crippen molar-refractivity contribution in [1.82, 2.24) is 0 Å². The monoisotopic (exact) mass is 343 g/mol. The van der Waals surface area contributed by atoms with Crippen molar-refractivity contribution in [2.24, 2.45) is 0 Å². The Labute approximate surface area is 146 Å². The Morgan fingerprint density at radius 2 is 1.92 bits per heavy atom. The summed E-state index contributed by atoms with van der Waals surface area (Å²) in [7, 11) is 0. The molecule has 1 aliphatic rings. The van der Waals surface area contributed by atoms with Gasteiger partial charge in [-0.25, -0.2) is 0 Å². The summed E-state index contributed by atoms with van der Waals surface area (Å²) >= 11 is 6.12. The van der Waals surface area contributed by atoms with E-state index in [1.165, 1.54) is 6.08 Å². The van der Waals surface area contributed by atoms with Crippen LogP contribution in [0.4, 0.5) is 5.69 Å². The van der Waals surface area contributed by atoms with E-state index in [-0.39, 0.29) is 5.91 Å². The molecule has 0 aliphatic carbocycles. The highest BCUT2D eigenvalue weighted by Gasteiger charge is 2.10. The van der Waals surface area contributed by atoms with Crippen molar-refractivity contribution in [1.29, 1.82) is 0 Å². The van der Waals surface area contributed by atoms with Gasteiger partial charge in [-0.2, -0.15) is 0 Å². The Balaban J connectivity index is 1.69. The van der Waals surface area contributed by atoms with E-state index in [9.17, 15) is 4.79 Å². The fourth-order valence-corrected chi connectivity index (χ4v) is 2.63. The van der Waals surface area contributed by atoms with Crippen molar-refractivity contribution < 1.29 is 14.3 Å². The van der Waals surface area contributed by atoms with Gasteiger partial charge in [0.1, 0.15) is 0 Å². The zero-order chi connectivity index (χ0) is 16.9. The van der Waals surface area contributed by atoms with Crippen LogP contribution in [0.25, 0.3) is 6.08 Å². The Morgan fingerprint density at radius 1 is 1.12 bits per heavy atom. The molecule has 1 amide bonds. The van der Waals surface area contributed by atoms with Gasteiger partial charge in [-0.15, -0.1) is 0 Å². The molecule has 1 heterocycles. The van der Waals surface area contributed by atoms with Gasteiger partial charge in [0.15, 0.2) is 11.5 Å². The maximum atomic E-state index is 12.1. The molecule has 124 valence electrons. The molecule has 1 N–H and O–H groups in total. The second-order valence-electron chi connectivity index (χ2n) is 5.56. The predicted molar refractivity (Wildman–Crippen MR) is 95.9 cm³/mol. The van der Waals surface area contributed by atoms with Gasteiger partial charge in [0, 0.05) is 12.5 Å². The molecule has 3 rings (SSSR count). The minimum atomic E-state index is -0.243. The van der Waals surface area contributed by atoms with Gasteiger partial charge in [-0.05, 0) is 48.4 Å². The highest BCUT2D eigenvalue weighted by Crippen LogP contribution is 2.30. The van der Waals surface area contributed by atoms with Gasteiger partial charge in [0.2, 0.25) is 5.91 Å². The van der Waals surface area contributed by atoms with E-state index in [4.69, 9.17) is 21.1 Å². The van der Waals surface area contributed by atoms with Crippen molar-refractivity contribution in [3.63, 3.8) is 0 Å². The van der Waals surface area contributed by atoms with Gasteiger partial charge in [0.05, 0.1) is 23.9 Å². The number of rotatable bonds is 3. The predicted octanol–water partition coefficient (Wildman–Crippen LogP) is 4.46. The van der Waals surface area contributed by atoms with E-state index in [0.29, 0.717) is 29.7 Å². The smallest absolute Gasteiger partial charge is 0.248 e. The molecule has 0 atom stereocenters. The summed E-state index contributed by atoms with van der Waals surface area (Å²) in [4.78, 5) is 12.1. The number of hydrogen-bond donors (Lipinski definition) is 1. The third-order valence-electron chi connectivity index (χ3n) is 3.58.